The second-order valence-corrected chi connectivity index (χ2v) is 6.30. The van der Waals surface area contributed by atoms with E-state index in [1.54, 1.807) is 35.6 Å². The van der Waals surface area contributed by atoms with Crippen LogP contribution in [0, 0.1) is 0 Å². The van der Waals surface area contributed by atoms with Crippen molar-refractivity contribution in [3.05, 3.63) is 45.4 Å². The number of carbonyl (C=O) groups is 1. The number of thiazole rings is 1. The van der Waals surface area contributed by atoms with Gasteiger partial charge in [0.25, 0.3) is 5.91 Å². The van der Waals surface area contributed by atoms with Crippen LogP contribution >= 0.6 is 35.3 Å². The lowest BCUT2D eigenvalue weighted by molar-refractivity contribution is 0.102. The molecule has 0 aliphatic carbocycles. The lowest BCUT2D eigenvalue weighted by Gasteiger charge is -2.20. The van der Waals surface area contributed by atoms with E-state index >= 15 is 0 Å². The first-order valence-corrected chi connectivity index (χ1v) is 7.56. The third-order valence-electron chi connectivity index (χ3n) is 3.26. The second kappa shape index (κ2) is 6.75. The number of likely N-dealkylation sites (N-methyl/N-ethyl adjacent to an activating group) is 1. The lowest BCUT2D eigenvalue weighted by Crippen LogP contribution is -2.25. The molecule has 1 N–H and O–H groups in total. The highest BCUT2D eigenvalue weighted by Gasteiger charge is 2.19. The number of nitrogens with zero attached hydrogens (tertiary/aromatic N) is 2. The van der Waals surface area contributed by atoms with E-state index in [9.17, 15) is 4.79 Å². The van der Waals surface area contributed by atoms with Crippen molar-refractivity contribution in [2.75, 3.05) is 18.9 Å². The van der Waals surface area contributed by atoms with Crippen LogP contribution in [0.3, 0.4) is 0 Å². The van der Waals surface area contributed by atoms with Gasteiger partial charge in [-0.25, -0.2) is 4.98 Å². The fourth-order valence-corrected chi connectivity index (χ4v) is 3.49. The van der Waals surface area contributed by atoms with E-state index in [-0.39, 0.29) is 18.3 Å². The van der Waals surface area contributed by atoms with Crippen LogP contribution < -0.4 is 5.32 Å². The number of amides is 1. The van der Waals surface area contributed by atoms with Crippen LogP contribution in [0.25, 0.3) is 0 Å². The molecule has 0 saturated carbocycles. The van der Waals surface area contributed by atoms with Crippen molar-refractivity contribution >= 4 is 46.4 Å². The highest BCUT2D eigenvalue weighted by molar-refractivity contribution is 7.15. The first-order valence-electron chi connectivity index (χ1n) is 6.36. The number of fused-ring (bicyclic) bond motifs is 1. The number of aromatic nitrogens is 1. The van der Waals surface area contributed by atoms with Crippen molar-refractivity contribution in [3.63, 3.8) is 0 Å². The van der Waals surface area contributed by atoms with Gasteiger partial charge < -0.3 is 4.90 Å². The van der Waals surface area contributed by atoms with Crippen molar-refractivity contribution < 1.29 is 4.79 Å². The Kier molecular flexibility index (Phi) is 5.22. The Bertz CT molecular complexity index is 659. The molecule has 0 unspecified atom stereocenters. The van der Waals surface area contributed by atoms with Gasteiger partial charge in [0.2, 0.25) is 0 Å². The van der Waals surface area contributed by atoms with Crippen LogP contribution in [0.4, 0.5) is 5.13 Å². The normalized spacial score (nSPS) is 14.2. The van der Waals surface area contributed by atoms with Crippen LogP contribution in [0.1, 0.15) is 20.9 Å². The molecule has 1 aromatic carbocycles. The van der Waals surface area contributed by atoms with Crippen molar-refractivity contribution in [2.24, 2.45) is 0 Å². The van der Waals surface area contributed by atoms with Gasteiger partial charge in [0.05, 0.1) is 16.3 Å². The summed E-state index contributed by atoms with van der Waals surface area (Å²) in [6, 6.07) is 7.01. The zero-order valence-electron chi connectivity index (χ0n) is 11.4. The largest absolute Gasteiger partial charge is 0.301 e. The number of anilines is 1. The molecule has 1 aliphatic rings. The molecule has 4 nitrogen and oxygen atoms in total. The minimum absolute atomic E-state index is 0. The summed E-state index contributed by atoms with van der Waals surface area (Å²) < 4.78 is 0. The molecule has 2 aromatic rings. The SMILES string of the molecule is CN1CCc2nc(NC(=O)c3ccccc3Cl)sc2C1.Cl. The maximum absolute atomic E-state index is 12.2. The zero-order chi connectivity index (χ0) is 14.1. The molecule has 3 rings (SSSR count). The van der Waals surface area contributed by atoms with Crippen molar-refractivity contribution in [1.82, 2.24) is 9.88 Å². The van der Waals surface area contributed by atoms with Crippen LogP contribution in [0.5, 0.6) is 0 Å². The minimum atomic E-state index is -0.213. The number of halogens is 2. The van der Waals surface area contributed by atoms with E-state index in [1.165, 1.54) is 4.88 Å². The third-order valence-corrected chi connectivity index (χ3v) is 4.59. The highest BCUT2D eigenvalue weighted by atomic mass is 35.5. The summed E-state index contributed by atoms with van der Waals surface area (Å²) in [5.41, 5.74) is 1.57. The first-order chi connectivity index (χ1) is 9.63. The molecule has 2 heterocycles. The predicted molar refractivity (Wildman–Crippen MR) is 88.8 cm³/mol. The van der Waals surface area contributed by atoms with E-state index in [0.717, 1.165) is 25.2 Å². The van der Waals surface area contributed by atoms with Crippen LogP contribution in [-0.2, 0) is 13.0 Å². The third kappa shape index (κ3) is 3.55. The monoisotopic (exact) mass is 343 g/mol. The van der Waals surface area contributed by atoms with Gasteiger partial charge >= 0.3 is 0 Å². The van der Waals surface area contributed by atoms with Gasteiger partial charge in [-0.15, -0.1) is 23.7 Å². The Morgan fingerprint density at radius 3 is 2.95 bits per heavy atom. The van der Waals surface area contributed by atoms with Crippen LogP contribution in [-0.4, -0.2) is 29.4 Å². The van der Waals surface area contributed by atoms with Gasteiger partial charge in [0.15, 0.2) is 5.13 Å². The van der Waals surface area contributed by atoms with E-state index < -0.39 is 0 Å². The highest BCUT2D eigenvalue weighted by Crippen LogP contribution is 2.28. The van der Waals surface area contributed by atoms with Gasteiger partial charge in [0.1, 0.15) is 0 Å². The van der Waals surface area contributed by atoms with E-state index in [0.29, 0.717) is 15.7 Å². The van der Waals surface area contributed by atoms with Gasteiger partial charge in [-0.2, -0.15) is 0 Å². The van der Waals surface area contributed by atoms with Crippen molar-refractivity contribution in [3.8, 4) is 0 Å². The summed E-state index contributed by atoms with van der Waals surface area (Å²) >= 11 is 7.56. The summed E-state index contributed by atoms with van der Waals surface area (Å²) in [5, 5.41) is 3.93. The number of rotatable bonds is 2. The standard InChI is InChI=1S/C14H14ClN3OS.ClH/c1-18-7-6-11-12(8-18)20-14(16-11)17-13(19)9-4-2-3-5-10(9)15;/h2-5H,6-8H2,1H3,(H,16,17,19);1H. The quantitative estimate of drug-likeness (QED) is 0.908. The molecule has 0 fully saturated rings. The summed E-state index contributed by atoms with van der Waals surface area (Å²) in [6.45, 7) is 1.91. The summed E-state index contributed by atoms with van der Waals surface area (Å²) in [6.07, 6.45) is 0.935. The van der Waals surface area contributed by atoms with Crippen molar-refractivity contribution in [1.29, 1.82) is 0 Å². The number of benzene rings is 1. The molecule has 0 atom stereocenters. The average molecular weight is 344 g/mol. The number of hydrogen-bond donors (Lipinski definition) is 1. The molecule has 21 heavy (non-hydrogen) atoms. The fraction of sp³-hybridized carbons (Fsp3) is 0.286. The summed E-state index contributed by atoms with van der Waals surface area (Å²) in [5.74, 6) is -0.213. The molecule has 0 spiro atoms. The number of nitrogens with one attached hydrogen (secondary N) is 1. The Hall–Kier alpha value is -1.14. The summed E-state index contributed by atoms with van der Waals surface area (Å²) in [4.78, 5) is 20.1. The molecule has 1 amide bonds. The number of carbonyl (C=O) groups excluding carboxylic acids is 1. The molecule has 0 bridgehead atoms. The molecule has 0 radical (unpaired) electrons. The molecule has 0 saturated heterocycles. The Balaban J connectivity index is 0.00000161. The van der Waals surface area contributed by atoms with Crippen LogP contribution in [0.15, 0.2) is 24.3 Å². The maximum atomic E-state index is 12.2. The Morgan fingerprint density at radius 1 is 1.43 bits per heavy atom. The van der Waals surface area contributed by atoms with Gasteiger partial charge in [-0.05, 0) is 19.2 Å². The van der Waals surface area contributed by atoms with Gasteiger partial charge in [0, 0.05) is 24.4 Å². The minimum Gasteiger partial charge on any atom is -0.301 e. The summed E-state index contributed by atoms with van der Waals surface area (Å²) in [7, 11) is 2.09. The Labute approximate surface area is 138 Å². The average Bonchev–Trinajstić information content (AvgIpc) is 2.80. The molecular weight excluding hydrogens is 329 g/mol. The molecule has 7 heteroatoms. The second-order valence-electron chi connectivity index (χ2n) is 4.81. The van der Waals surface area contributed by atoms with E-state index in [1.807, 2.05) is 0 Å². The molecule has 1 aliphatic heterocycles. The molecule has 1 aromatic heterocycles. The smallest absolute Gasteiger partial charge is 0.258 e. The lowest BCUT2D eigenvalue weighted by atomic mass is 10.2. The van der Waals surface area contributed by atoms with E-state index in [2.05, 4.69) is 22.2 Å². The zero-order valence-corrected chi connectivity index (χ0v) is 13.8. The number of hydrogen-bond acceptors (Lipinski definition) is 4. The van der Waals surface area contributed by atoms with Crippen LogP contribution in [0.2, 0.25) is 5.02 Å². The Morgan fingerprint density at radius 2 is 2.19 bits per heavy atom. The predicted octanol–water partition coefficient (Wildman–Crippen LogP) is 3.46. The van der Waals surface area contributed by atoms with Gasteiger partial charge in [-0.1, -0.05) is 23.7 Å². The van der Waals surface area contributed by atoms with Gasteiger partial charge in [-0.3, -0.25) is 10.1 Å². The molecular formula is C14H15Cl2N3OS. The fourth-order valence-electron chi connectivity index (χ4n) is 2.19. The maximum Gasteiger partial charge on any atom is 0.258 e. The first kappa shape index (κ1) is 16.2. The molecule has 112 valence electrons. The topological polar surface area (TPSA) is 45.2 Å². The van der Waals surface area contributed by atoms with E-state index in [4.69, 9.17) is 11.6 Å². The van der Waals surface area contributed by atoms with Crippen molar-refractivity contribution in [2.45, 2.75) is 13.0 Å².